The van der Waals surface area contributed by atoms with Crippen molar-refractivity contribution in [2.24, 2.45) is 7.05 Å². The van der Waals surface area contributed by atoms with Crippen LogP contribution < -0.4 is 4.72 Å². The topological polar surface area (TPSA) is 64.0 Å². The van der Waals surface area contributed by atoms with Crippen molar-refractivity contribution >= 4 is 26.7 Å². The Morgan fingerprint density at radius 2 is 1.78 bits per heavy atom. The van der Waals surface area contributed by atoms with Gasteiger partial charge >= 0.3 is 0 Å². The van der Waals surface area contributed by atoms with Crippen molar-refractivity contribution in [3.8, 4) is 0 Å². The van der Waals surface area contributed by atoms with Gasteiger partial charge in [-0.2, -0.15) is 0 Å². The van der Waals surface area contributed by atoms with Gasteiger partial charge in [0.25, 0.3) is 10.0 Å². The summed E-state index contributed by atoms with van der Waals surface area (Å²) >= 11 is 0. The van der Waals surface area contributed by atoms with Crippen LogP contribution in [-0.2, 0) is 17.1 Å². The van der Waals surface area contributed by atoms with E-state index in [0.717, 1.165) is 28.0 Å². The molecule has 3 aromatic rings. The number of nitrogens with zero attached hydrogens (tertiary/aromatic N) is 2. The monoisotopic (exact) mass is 329 g/mol. The Labute approximate surface area is 136 Å². The quantitative estimate of drug-likeness (QED) is 0.802. The van der Waals surface area contributed by atoms with Gasteiger partial charge in [0.2, 0.25) is 0 Å². The van der Waals surface area contributed by atoms with Crippen molar-refractivity contribution in [2.45, 2.75) is 25.7 Å². The number of aromatic nitrogens is 2. The number of benzene rings is 2. The molecule has 0 spiro atoms. The summed E-state index contributed by atoms with van der Waals surface area (Å²) in [5.74, 6) is 0.884. The van der Waals surface area contributed by atoms with Crippen molar-refractivity contribution in [1.29, 1.82) is 0 Å². The van der Waals surface area contributed by atoms with E-state index in [1.807, 2.05) is 37.6 Å². The lowest BCUT2D eigenvalue weighted by Gasteiger charge is -2.11. The summed E-state index contributed by atoms with van der Waals surface area (Å²) in [6, 6.07) is 10.7. The summed E-state index contributed by atoms with van der Waals surface area (Å²) in [7, 11) is -1.68. The van der Waals surface area contributed by atoms with Crippen molar-refractivity contribution in [3.63, 3.8) is 0 Å². The molecule has 0 saturated heterocycles. The van der Waals surface area contributed by atoms with Gasteiger partial charge in [-0.15, -0.1) is 0 Å². The van der Waals surface area contributed by atoms with Crippen LogP contribution in [0.4, 0.5) is 5.69 Å². The lowest BCUT2D eigenvalue weighted by molar-refractivity contribution is 0.600. The number of nitrogens with one attached hydrogen (secondary N) is 1. The first kappa shape index (κ1) is 15.6. The Morgan fingerprint density at radius 3 is 2.48 bits per heavy atom. The molecule has 120 valence electrons. The van der Waals surface area contributed by atoms with Crippen LogP contribution in [0.1, 0.15) is 17.0 Å². The molecule has 1 aromatic heterocycles. The molecular weight excluding hydrogens is 310 g/mol. The van der Waals surface area contributed by atoms with Gasteiger partial charge in [0.1, 0.15) is 5.82 Å². The zero-order valence-electron chi connectivity index (χ0n) is 13.6. The first-order chi connectivity index (χ1) is 10.8. The van der Waals surface area contributed by atoms with Crippen molar-refractivity contribution < 1.29 is 8.42 Å². The van der Waals surface area contributed by atoms with Crippen molar-refractivity contribution in [2.75, 3.05) is 4.72 Å². The molecule has 0 unspecified atom stereocenters. The van der Waals surface area contributed by atoms with Gasteiger partial charge in [0.15, 0.2) is 0 Å². The average Bonchev–Trinajstić information content (AvgIpc) is 2.72. The number of imidazole rings is 1. The number of fused-ring (bicyclic) bond motifs is 1. The summed E-state index contributed by atoms with van der Waals surface area (Å²) < 4.78 is 29.8. The van der Waals surface area contributed by atoms with E-state index in [-0.39, 0.29) is 0 Å². The highest BCUT2D eigenvalue weighted by molar-refractivity contribution is 7.92. The maximum absolute atomic E-state index is 12.6. The maximum atomic E-state index is 12.6. The fourth-order valence-corrected chi connectivity index (χ4v) is 3.97. The second-order valence-corrected chi connectivity index (χ2v) is 7.45. The Kier molecular flexibility index (Phi) is 3.64. The molecule has 3 rings (SSSR count). The fraction of sp³-hybridized carbons (Fsp3) is 0.235. The third-order valence-corrected chi connectivity index (χ3v) is 5.52. The molecule has 0 bridgehead atoms. The molecule has 0 aliphatic heterocycles. The minimum Gasteiger partial charge on any atom is -0.331 e. The smallest absolute Gasteiger partial charge is 0.262 e. The third kappa shape index (κ3) is 2.82. The van der Waals surface area contributed by atoms with Gasteiger partial charge in [-0.3, -0.25) is 4.72 Å². The molecule has 0 amide bonds. The molecule has 0 fully saturated rings. The lowest BCUT2D eigenvalue weighted by Crippen LogP contribution is -2.14. The van der Waals surface area contributed by atoms with E-state index in [1.54, 1.807) is 31.2 Å². The van der Waals surface area contributed by atoms with Gasteiger partial charge < -0.3 is 4.57 Å². The highest BCUT2D eigenvalue weighted by Gasteiger charge is 2.17. The molecule has 0 saturated carbocycles. The Hall–Kier alpha value is -2.34. The molecule has 23 heavy (non-hydrogen) atoms. The van der Waals surface area contributed by atoms with E-state index in [0.29, 0.717) is 10.6 Å². The molecular formula is C17H19N3O2S. The second kappa shape index (κ2) is 5.38. The van der Waals surface area contributed by atoms with Crippen LogP contribution in [-0.4, -0.2) is 18.0 Å². The lowest BCUT2D eigenvalue weighted by atomic mass is 10.2. The molecule has 1 heterocycles. The molecule has 6 heteroatoms. The summed E-state index contributed by atoms with van der Waals surface area (Å²) in [6.45, 7) is 5.65. The normalized spacial score (nSPS) is 11.8. The van der Waals surface area contributed by atoms with E-state index in [2.05, 4.69) is 9.71 Å². The molecule has 0 aliphatic carbocycles. The fourth-order valence-electron chi connectivity index (χ4n) is 2.69. The summed E-state index contributed by atoms with van der Waals surface area (Å²) in [5.41, 5.74) is 4.01. The molecule has 1 N–H and O–H groups in total. The molecule has 0 radical (unpaired) electrons. The van der Waals surface area contributed by atoms with E-state index in [4.69, 9.17) is 0 Å². The first-order valence-electron chi connectivity index (χ1n) is 7.31. The van der Waals surface area contributed by atoms with Crippen molar-refractivity contribution in [1.82, 2.24) is 9.55 Å². The van der Waals surface area contributed by atoms with Crippen LogP contribution >= 0.6 is 0 Å². The van der Waals surface area contributed by atoms with E-state index < -0.39 is 10.0 Å². The maximum Gasteiger partial charge on any atom is 0.262 e. The highest BCUT2D eigenvalue weighted by Crippen LogP contribution is 2.23. The van der Waals surface area contributed by atoms with Gasteiger partial charge in [0.05, 0.1) is 21.6 Å². The largest absolute Gasteiger partial charge is 0.331 e. The van der Waals surface area contributed by atoms with E-state index in [1.165, 1.54) is 0 Å². The predicted molar refractivity (Wildman–Crippen MR) is 92.2 cm³/mol. The summed E-state index contributed by atoms with van der Waals surface area (Å²) in [6.07, 6.45) is 0. The minimum absolute atomic E-state index is 0.292. The molecule has 5 nitrogen and oxygen atoms in total. The Balaban J connectivity index is 2.00. The van der Waals surface area contributed by atoms with E-state index >= 15 is 0 Å². The van der Waals surface area contributed by atoms with E-state index in [9.17, 15) is 8.42 Å². The zero-order valence-corrected chi connectivity index (χ0v) is 14.4. The van der Waals surface area contributed by atoms with Gasteiger partial charge in [-0.05, 0) is 50.6 Å². The number of anilines is 1. The van der Waals surface area contributed by atoms with Crippen LogP contribution in [0.15, 0.2) is 41.3 Å². The van der Waals surface area contributed by atoms with Crippen LogP contribution in [0.3, 0.4) is 0 Å². The molecule has 0 atom stereocenters. The molecule has 0 aliphatic rings. The second-order valence-electron chi connectivity index (χ2n) is 5.80. The Bertz CT molecular complexity index is 1000. The number of hydrogen-bond donors (Lipinski definition) is 1. The number of sulfonamides is 1. The van der Waals surface area contributed by atoms with Gasteiger partial charge in [0, 0.05) is 7.05 Å². The first-order valence-corrected chi connectivity index (χ1v) is 8.79. The number of rotatable bonds is 3. The van der Waals surface area contributed by atoms with Gasteiger partial charge in [-0.1, -0.05) is 17.7 Å². The van der Waals surface area contributed by atoms with Crippen molar-refractivity contribution in [3.05, 3.63) is 53.3 Å². The predicted octanol–water partition coefficient (Wildman–Crippen LogP) is 3.30. The summed E-state index contributed by atoms with van der Waals surface area (Å²) in [4.78, 5) is 4.73. The van der Waals surface area contributed by atoms with Crippen LogP contribution in [0.2, 0.25) is 0 Å². The third-order valence-electron chi connectivity index (χ3n) is 3.98. The van der Waals surface area contributed by atoms with Crippen LogP contribution in [0.5, 0.6) is 0 Å². The standard InChI is InChI=1S/C17H19N3O2S/c1-11-5-8-17(12(2)9-11)23(21,22)19-14-6-7-16-15(10-14)18-13(3)20(16)4/h5-10,19H,1-4H3. The number of aryl methyl sites for hydroxylation is 4. The van der Waals surface area contributed by atoms with Gasteiger partial charge in [-0.25, -0.2) is 13.4 Å². The SMILES string of the molecule is Cc1ccc(S(=O)(=O)Nc2ccc3c(c2)nc(C)n3C)c(C)c1. The number of hydrogen-bond acceptors (Lipinski definition) is 3. The average molecular weight is 329 g/mol. The zero-order chi connectivity index (χ0) is 16.8. The van der Waals surface area contributed by atoms with Crippen LogP contribution in [0.25, 0.3) is 11.0 Å². The minimum atomic E-state index is -3.62. The Morgan fingerprint density at radius 1 is 1.04 bits per heavy atom. The van der Waals surface area contributed by atoms with Crippen LogP contribution in [0, 0.1) is 20.8 Å². The molecule has 2 aromatic carbocycles. The summed E-state index contributed by atoms with van der Waals surface area (Å²) in [5, 5.41) is 0. The highest BCUT2D eigenvalue weighted by atomic mass is 32.2.